The van der Waals surface area contributed by atoms with Gasteiger partial charge in [-0.1, -0.05) is 80.4 Å². The summed E-state index contributed by atoms with van der Waals surface area (Å²) in [7, 11) is 3.55. The van der Waals surface area contributed by atoms with Crippen molar-refractivity contribution in [3.8, 4) is 6.07 Å². The van der Waals surface area contributed by atoms with Gasteiger partial charge in [-0.3, -0.25) is 9.59 Å². The topological polar surface area (TPSA) is 90.3 Å². The maximum absolute atomic E-state index is 13.3. The number of carbonyl (C=O) groups excluding carboxylic acids is 3. The molecule has 2 aliphatic carbocycles. The van der Waals surface area contributed by atoms with E-state index in [0.717, 1.165) is 56.9 Å². The van der Waals surface area contributed by atoms with Gasteiger partial charge in [0, 0.05) is 30.5 Å². The molecular formula is C36H59N3O3. The van der Waals surface area contributed by atoms with Crippen LogP contribution in [0.4, 0.5) is 4.79 Å². The van der Waals surface area contributed by atoms with Crippen molar-refractivity contribution in [2.75, 3.05) is 14.1 Å². The van der Waals surface area contributed by atoms with Gasteiger partial charge in [-0.25, -0.2) is 4.79 Å². The van der Waals surface area contributed by atoms with Crippen LogP contribution in [0.3, 0.4) is 0 Å². The molecule has 1 saturated carbocycles. The highest BCUT2D eigenvalue weighted by atomic mass is 16.2. The molecule has 0 aromatic rings. The minimum absolute atomic E-state index is 0.00508. The van der Waals surface area contributed by atoms with E-state index in [1.807, 2.05) is 19.9 Å². The van der Waals surface area contributed by atoms with Crippen LogP contribution in [0.5, 0.6) is 0 Å². The van der Waals surface area contributed by atoms with E-state index < -0.39 is 16.4 Å². The number of fused-ring (bicyclic) bond motifs is 1. The van der Waals surface area contributed by atoms with E-state index in [1.165, 1.54) is 0 Å². The number of carbonyl (C=O) groups is 3. The summed E-state index contributed by atoms with van der Waals surface area (Å²) in [5.74, 6) is -0.123. The van der Waals surface area contributed by atoms with Crippen molar-refractivity contribution >= 4 is 17.6 Å². The number of nitrogens with zero attached hydrogens (tertiary/aromatic N) is 2. The monoisotopic (exact) mass is 581 g/mol. The number of amides is 2. The van der Waals surface area contributed by atoms with Crippen LogP contribution in [0.1, 0.15) is 128 Å². The Morgan fingerprint density at radius 1 is 1.05 bits per heavy atom. The zero-order valence-electron chi connectivity index (χ0n) is 29.0. The normalized spacial score (nSPS) is 28.3. The van der Waals surface area contributed by atoms with Gasteiger partial charge in [-0.15, -0.1) is 0 Å². The third kappa shape index (κ3) is 7.03. The Kier molecular flexibility index (Phi) is 10.5. The zero-order chi connectivity index (χ0) is 32.5. The van der Waals surface area contributed by atoms with E-state index in [0.29, 0.717) is 0 Å². The first-order valence-corrected chi connectivity index (χ1v) is 15.9. The van der Waals surface area contributed by atoms with E-state index in [4.69, 9.17) is 0 Å². The SMILES string of the molecule is CCCC(C)(C)CC[C@@](C)(CCC(C)(C)[C@]1(C)CC[C@H]2C(C)(C)C(=O)C(C#N)=C[C@]2(C)/C1=C/C(C)=O)NC(=O)N(C)C. The van der Waals surface area contributed by atoms with Crippen LogP contribution in [-0.4, -0.2) is 42.1 Å². The zero-order valence-corrected chi connectivity index (χ0v) is 29.0. The Morgan fingerprint density at radius 3 is 2.12 bits per heavy atom. The van der Waals surface area contributed by atoms with Crippen LogP contribution < -0.4 is 5.32 Å². The average Bonchev–Trinajstić information content (AvgIpc) is 2.86. The van der Waals surface area contributed by atoms with Gasteiger partial charge >= 0.3 is 6.03 Å². The molecule has 1 fully saturated rings. The van der Waals surface area contributed by atoms with Gasteiger partial charge < -0.3 is 10.2 Å². The summed E-state index contributed by atoms with van der Waals surface area (Å²) in [5.41, 5.74) is -0.854. The summed E-state index contributed by atoms with van der Waals surface area (Å²) >= 11 is 0. The lowest BCUT2D eigenvalue weighted by Crippen LogP contribution is -2.56. The summed E-state index contributed by atoms with van der Waals surface area (Å²) < 4.78 is 0. The number of nitrogens with one attached hydrogen (secondary N) is 1. The number of hydrogen-bond acceptors (Lipinski definition) is 4. The van der Waals surface area contributed by atoms with Crippen molar-refractivity contribution in [1.29, 1.82) is 5.26 Å². The maximum Gasteiger partial charge on any atom is 0.317 e. The van der Waals surface area contributed by atoms with Crippen LogP contribution in [0, 0.1) is 44.3 Å². The highest BCUT2D eigenvalue weighted by molar-refractivity contribution is 6.04. The number of urea groups is 1. The first kappa shape index (κ1) is 35.8. The largest absolute Gasteiger partial charge is 0.333 e. The van der Waals surface area contributed by atoms with Crippen LogP contribution in [-0.2, 0) is 9.59 Å². The Hall–Kier alpha value is -2.42. The number of allylic oxidation sites excluding steroid dienone is 4. The fourth-order valence-electron chi connectivity index (χ4n) is 8.01. The fourth-order valence-corrected chi connectivity index (χ4v) is 8.01. The molecule has 0 unspecified atom stereocenters. The number of nitriles is 1. The van der Waals surface area contributed by atoms with Crippen molar-refractivity contribution in [2.45, 2.75) is 133 Å². The summed E-state index contributed by atoms with van der Waals surface area (Å²) in [5, 5.41) is 13.3. The third-order valence-corrected chi connectivity index (χ3v) is 11.3. The molecule has 236 valence electrons. The summed E-state index contributed by atoms with van der Waals surface area (Å²) in [6.07, 6.45) is 11.2. The highest BCUT2D eigenvalue weighted by Gasteiger charge is 2.61. The van der Waals surface area contributed by atoms with Gasteiger partial charge in [0.1, 0.15) is 6.07 Å². The molecule has 42 heavy (non-hydrogen) atoms. The lowest BCUT2D eigenvalue weighted by Gasteiger charge is -2.61. The van der Waals surface area contributed by atoms with Gasteiger partial charge in [0.05, 0.1) is 5.57 Å². The van der Waals surface area contributed by atoms with Crippen LogP contribution in [0.2, 0.25) is 0 Å². The number of rotatable bonds is 11. The minimum atomic E-state index is -0.698. The van der Waals surface area contributed by atoms with Gasteiger partial charge in [0.25, 0.3) is 0 Å². The Bertz CT molecular complexity index is 1170. The Balaban J connectivity index is 2.55. The molecule has 0 radical (unpaired) electrons. The van der Waals surface area contributed by atoms with Gasteiger partial charge in [-0.2, -0.15) is 5.26 Å². The van der Waals surface area contributed by atoms with Gasteiger partial charge in [-0.05, 0) is 87.0 Å². The second-order valence-corrected chi connectivity index (χ2v) is 16.3. The predicted molar refractivity (Wildman–Crippen MR) is 172 cm³/mol. The van der Waals surface area contributed by atoms with E-state index in [-0.39, 0.29) is 45.3 Å². The number of ketones is 2. The molecular weight excluding hydrogens is 522 g/mol. The van der Waals surface area contributed by atoms with E-state index in [9.17, 15) is 19.6 Å². The molecule has 0 aromatic heterocycles. The highest BCUT2D eigenvalue weighted by Crippen LogP contribution is 2.67. The van der Waals surface area contributed by atoms with Gasteiger partial charge in [0.2, 0.25) is 0 Å². The van der Waals surface area contributed by atoms with Crippen molar-refractivity contribution < 1.29 is 14.4 Å². The van der Waals surface area contributed by atoms with Crippen molar-refractivity contribution in [2.24, 2.45) is 33.0 Å². The quantitative estimate of drug-likeness (QED) is 0.248. The first-order chi connectivity index (χ1) is 19.0. The smallest absolute Gasteiger partial charge is 0.317 e. The van der Waals surface area contributed by atoms with Crippen molar-refractivity contribution in [1.82, 2.24) is 10.2 Å². The number of Topliss-reactive ketones (excluding diaryl/α,β-unsaturated/α-hetero) is 1. The molecule has 0 heterocycles. The molecule has 2 amide bonds. The van der Waals surface area contributed by atoms with Crippen LogP contribution >= 0.6 is 0 Å². The lowest BCUT2D eigenvalue weighted by molar-refractivity contribution is -0.131. The molecule has 2 aliphatic rings. The molecule has 2 rings (SSSR count). The predicted octanol–water partition coefficient (Wildman–Crippen LogP) is 8.43. The van der Waals surface area contributed by atoms with E-state index >= 15 is 0 Å². The van der Waals surface area contributed by atoms with Crippen molar-refractivity contribution in [3.05, 3.63) is 23.3 Å². The molecule has 6 nitrogen and oxygen atoms in total. The second kappa shape index (κ2) is 12.3. The Labute approximate surface area is 256 Å². The molecule has 6 heteroatoms. The second-order valence-electron chi connectivity index (χ2n) is 16.3. The fraction of sp³-hybridized carbons (Fsp3) is 0.778. The lowest BCUT2D eigenvalue weighted by atomic mass is 9.42. The summed E-state index contributed by atoms with van der Waals surface area (Å²) in [6, 6.07) is 2.09. The first-order valence-electron chi connectivity index (χ1n) is 15.9. The van der Waals surface area contributed by atoms with E-state index in [1.54, 1.807) is 32.0 Å². The molecule has 1 N–H and O–H groups in total. The van der Waals surface area contributed by atoms with Crippen molar-refractivity contribution in [3.63, 3.8) is 0 Å². The molecule has 0 aliphatic heterocycles. The number of hydrogen-bond donors (Lipinski definition) is 1. The van der Waals surface area contributed by atoms with Crippen LogP contribution in [0.25, 0.3) is 0 Å². The maximum atomic E-state index is 13.3. The summed E-state index contributed by atoms with van der Waals surface area (Å²) in [4.78, 5) is 40.6. The molecule has 0 spiro atoms. The van der Waals surface area contributed by atoms with Gasteiger partial charge in [0.15, 0.2) is 11.6 Å². The molecule has 0 aromatic carbocycles. The van der Waals surface area contributed by atoms with E-state index in [2.05, 4.69) is 66.8 Å². The minimum Gasteiger partial charge on any atom is -0.333 e. The van der Waals surface area contributed by atoms with Crippen LogP contribution in [0.15, 0.2) is 23.3 Å². The third-order valence-electron chi connectivity index (χ3n) is 11.3. The molecule has 0 saturated heterocycles. The molecule has 0 bridgehead atoms. The average molecular weight is 582 g/mol. The standard InChI is InChI=1S/C36H59N3O3/c1-14-16-31(3,4)18-20-34(9,38-30(42)39(12)13)21-19-32(5,6)36(11)17-15-27-33(7,8)29(41)26(24-37)23-35(27,10)28(36)22-25(2)40/h22-23,27H,14-21H2,1-13H3,(H,38,42)/b28-22-/t27-,34-,35-,36+/m0/s1. The molecule has 4 atom stereocenters. The Morgan fingerprint density at radius 2 is 1.62 bits per heavy atom. The summed E-state index contributed by atoms with van der Waals surface area (Å²) in [6.45, 7) is 23.5.